The molecule has 0 bridgehead atoms. The summed E-state index contributed by atoms with van der Waals surface area (Å²) in [7, 11) is 0. The summed E-state index contributed by atoms with van der Waals surface area (Å²) in [5.74, 6) is -2.59. The number of rotatable bonds is 4. The average Bonchev–Trinajstić information content (AvgIpc) is 3.26. The number of alkyl halides is 2. The van der Waals surface area contributed by atoms with Gasteiger partial charge < -0.3 is 10.1 Å². The van der Waals surface area contributed by atoms with Crippen molar-refractivity contribution in [3.05, 3.63) is 16.6 Å². The predicted molar refractivity (Wildman–Crippen MR) is 111 cm³/mol. The molecule has 2 aromatic heterocycles. The maximum atomic E-state index is 13.5. The van der Waals surface area contributed by atoms with Crippen molar-refractivity contribution in [1.29, 1.82) is 0 Å². The minimum Gasteiger partial charge on any atom is -0.379 e. The molecule has 0 atom stereocenters. The molecule has 1 aliphatic heterocycles. The van der Waals surface area contributed by atoms with Gasteiger partial charge in [0.25, 0.3) is 5.91 Å². The van der Waals surface area contributed by atoms with E-state index in [2.05, 4.69) is 15.3 Å². The highest BCUT2D eigenvalue weighted by atomic mass is 32.1. The third kappa shape index (κ3) is 3.87. The van der Waals surface area contributed by atoms with Gasteiger partial charge >= 0.3 is 0 Å². The first-order valence-corrected chi connectivity index (χ1v) is 11.7. The lowest BCUT2D eigenvalue weighted by Crippen LogP contribution is -2.56. The first-order valence-electron chi connectivity index (χ1n) is 10.9. The Bertz CT molecular complexity index is 921. The molecule has 3 fully saturated rings. The second-order valence-electron chi connectivity index (χ2n) is 8.89. The molecule has 3 aliphatic rings. The van der Waals surface area contributed by atoms with Gasteiger partial charge in [-0.15, -0.1) is 11.3 Å². The van der Waals surface area contributed by atoms with Crippen LogP contribution < -0.4 is 5.32 Å². The molecule has 3 heterocycles. The molecule has 1 N–H and O–H groups in total. The van der Waals surface area contributed by atoms with E-state index in [1.54, 1.807) is 0 Å². The number of nitrogens with one attached hydrogen (secondary N) is 1. The fraction of sp³-hybridized carbons (Fsp3) is 0.714. The molecular weight excluding hydrogens is 410 g/mol. The predicted octanol–water partition coefficient (Wildman–Crippen LogP) is 3.75. The van der Waals surface area contributed by atoms with Crippen molar-refractivity contribution in [2.24, 2.45) is 0 Å². The molecule has 2 aliphatic carbocycles. The summed E-state index contributed by atoms with van der Waals surface area (Å²) in [4.78, 5) is 16.9. The SMILES string of the molecule is Cc1nn(C2CCC(F)(F)CC2)c2sc(C(=O)NC3CC(N4CCOCC4)C3)cc12. The van der Waals surface area contributed by atoms with Crippen LogP contribution in [0.5, 0.6) is 0 Å². The van der Waals surface area contributed by atoms with Gasteiger partial charge in [-0.05, 0) is 38.7 Å². The molecule has 5 rings (SSSR count). The number of carbonyl (C=O) groups is 1. The summed E-state index contributed by atoms with van der Waals surface area (Å²) in [6, 6.07) is 2.65. The van der Waals surface area contributed by atoms with Gasteiger partial charge in [0.1, 0.15) is 4.83 Å². The lowest BCUT2D eigenvalue weighted by atomic mass is 9.85. The van der Waals surface area contributed by atoms with E-state index in [0.29, 0.717) is 23.8 Å². The Balaban J connectivity index is 1.24. The van der Waals surface area contributed by atoms with Crippen LogP contribution >= 0.6 is 11.3 Å². The summed E-state index contributed by atoms with van der Waals surface area (Å²) in [5.41, 5.74) is 0.855. The number of aryl methyl sites for hydroxylation is 1. The van der Waals surface area contributed by atoms with Crippen LogP contribution in [0.25, 0.3) is 10.2 Å². The number of aromatic nitrogens is 2. The monoisotopic (exact) mass is 438 g/mol. The van der Waals surface area contributed by atoms with E-state index in [4.69, 9.17) is 4.74 Å². The molecule has 0 radical (unpaired) electrons. The highest BCUT2D eigenvalue weighted by Crippen LogP contribution is 2.41. The van der Waals surface area contributed by atoms with E-state index >= 15 is 0 Å². The summed E-state index contributed by atoms with van der Waals surface area (Å²) >= 11 is 1.43. The first-order chi connectivity index (χ1) is 14.4. The van der Waals surface area contributed by atoms with Crippen molar-refractivity contribution in [3.8, 4) is 0 Å². The molecule has 0 aromatic carbocycles. The van der Waals surface area contributed by atoms with Crippen LogP contribution in [0.2, 0.25) is 0 Å². The third-order valence-electron chi connectivity index (χ3n) is 6.83. The van der Waals surface area contributed by atoms with Gasteiger partial charge in [0.15, 0.2) is 0 Å². The average molecular weight is 439 g/mol. The fourth-order valence-corrected chi connectivity index (χ4v) is 6.04. The maximum Gasteiger partial charge on any atom is 0.261 e. The molecule has 30 heavy (non-hydrogen) atoms. The number of halogens is 2. The van der Waals surface area contributed by atoms with Gasteiger partial charge in [-0.2, -0.15) is 5.10 Å². The lowest BCUT2D eigenvalue weighted by molar-refractivity contribution is -0.0445. The second kappa shape index (κ2) is 7.84. The number of hydrogen-bond donors (Lipinski definition) is 1. The van der Waals surface area contributed by atoms with E-state index < -0.39 is 5.92 Å². The van der Waals surface area contributed by atoms with Gasteiger partial charge in [0.2, 0.25) is 5.92 Å². The van der Waals surface area contributed by atoms with Crippen LogP contribution in [-0.2, 0) is 4.74 Å². The van der Waals surface area contributed by atoms with E-state index in [-0.39, 0.29) is 30.8 Å². The Labute approximate surface area is 178 Å². The van der Waals surface area contributed by atoms with Gasteiger partial charge in [-0.25, -0.2) is 8.78 Å². The minimum absolute atomic E-state index is 0.0173. The first kappa shape index (κ1) is 20.3. The molecule has 1 saturated heterocycles. The topological polar surface area (TPSA) is 59.4 Å². The van der Waals surface area contributed by atoms with E-state index in [1.807, 2.05) is 17.7 Å². The highest BCUT2D eigenvalue weighted by Gasteiger charge is 2.37. The molecule has 9 heteroatoms. The van der Waals surface area contributed by atoms with Crippen molar-refractivity contribution < 1.29 is 18.3 Å². The van der Waals surface area contributed by atoms with Crippen LogP contribution in [-0.4, -0.2) is 64.9 Å². The van der Waals surface area contributed by atoms with E-state index in [9.17, 15) is 13.6 Å². The Morgan fingerprint density at radius 2 is 1.93 bits per heavy atom. The molecular formula is C21H28F2N4O2S. The Morgan fingerprint density at radius 3 is 2.63 bits per heavy atom. The standard InChI is InChI=1S/C21H28F2N4O2S/c1-13-17-12-18(19(28)24-14-10-16(11-14)26-6-8-29-9-7-26)30-20(17)27(25-13)15-2-4-21(22,23)5-3-15/h12,14-16H,2-11H2,1H3,(H,24,28). The number of thiophene rings is 1. The van der Waals surface area contributed by atoms with Crippen molar-refractivity contribution in [2.45, 2.75) is 69.5 Å². The number of morpholine rings is 1. The van der Waals surface area contributed by atoms with E-state index in [1.165, 1.54) is 11.3 Å². The number of fused-ring (bicyclic) bond motifs is 1. The normalized spacial score (nSPS) is 27.8. The van der Waals surface area contributed by atoms with E-state index in [0.717, 1.165) is 55.1 Å². The van der Waals surface area contributed by atoms with Crippen molar-refractivity contribution in [1.82, 2.24) is 20.0 Å². The number of nitrogens with zero attached hydrogens (tertiary/aromatic N) is 3. The molecule has 2 saturated carbocycles. The third-order valence-corrected chi connectivity index (χ3v) is 7.96. The van der Waals surface area contributed by atoms with Gasteiger partial charge in [-0.3, -0.25) is 14.4 Å². The molecule has 164 valence electrons. The maximum absolute atomic E-state index is 13.5. The number of ether oxygens (including phenoxy) is 1. The van der Waals surface area contributed by atoms with Gasteiger partial charge in [0, 0.05) is 43.4 Å². The number of carbonyl (C=O) groups excluding carboxylic acids is 1. The van der Waals surface area contributed by atoms with Crippen LogP contribution in [0.1, 0.15) is 59.9 Å². The Morgan fingerprint density at radius 1 is 1.23 bits per heavy atom. The summed E-state index contributed by atoms with van der Waals surface area (Å²) in [5, 5.41) is 8.73. The van der Waals surface area contributed by atoms with Crippen molar-refractivity contribution in [2.75, 3.05) is 26.3 Å². The van der Waals surface area contributed by atoms with Crippen LogP contribution in [0.15, 0.2) is 6.07 Å². The second-order valence-corrected chi connectivity index (χ2v) is 9.92. The van der Waals surface area contributed by atoms with Crippen molar-refractivity contribution >= 4 is 27.5 Å². The van der Waals surface area contributed by atoms with Gasteiger partial charge in [-0.1, -0.05) is 0 Å². The zero-order valence-corrected chi connectivity index (χ0v) is 18.0. The number of hydrogen-bond acceptors (Lipinski definition) is 5. The minimum atomic E-state index is -2.56. The van der Waals surface area contributed by atoms with Crippen LogP contribution in [0.4, 0.5) is 8.78 Å². The smallest absolute Gasteiger partial charge is 0.261 e. The van der Waals surface area contributed by atoms with Crippen LogP contribution in [0.3, 0.4) is 0 Å². The lowest BCUT2D eigenvalue weighted by Gasteiger charge is -2.44. The Hall–Kier alpha value is -1.58. The molecule has 6 nitrogen and oxygen atoms in total. The molecule has 1 amide bonds. The summed E-state index contributed by atoms with van der Waals surface area (Å²) < 4.78 is 34.4. The summed E-state index contributed by atoms with van der Waals surface area (Å²) in [6.07, 6.45) is 2.63. The van der Waals surface area contributed by atoms with Gasteiger partial charge in [0.05, 0.1) is 29.8 Å². The quantitative estimate of drug-likeness (QED) is 0.790. The molecule has 0 spiro atoms. The largest absolute Gasteiger partial charge is 0.379 e. The highest BCUT2D eigenvalue weighted by molar-refractivity contribution is 7.20. The zero-order chi connectivity index (χ0) is 20.9. The fourth-order valence-electron chi connectivity index (χ4n) is 4.90. The molecule has 2 aromatic rings. The van der Waals surface area contributed by atoms with Crippen LogP contribution in [0, 0.1) is 6.92 Å². The van der Waals surface area contributed by atoms with Crippen molar-refractivity contribution in [3.63, 3.8) is 0 Å². The number of amides is 1. The zero-order valence-electron chi connectivity index (χ0n) is 17.2. The summed E-state index contributed by atoms with van der Waals surface area (Å²) in [6.45, 7) is 5.47. The molecule has 0 unspecified atom stereocenters. The Kier molecular flexibility index (Phi) is 5.31.